The number of thioether (sulfide) groups is 1. The van der Waals surface area contributed by atoms with Crippen molar-refractivity contribution in [2.45, 2.75) is 49.4 Å². The second kappa shape index (κ2) is 17.8. The molecule has 0 fully saturated rings. The van der Waals surface area contributed by atoms with Gasteiger partial charge in [0.05, 0.1) is 12.3 Å². The molecule has 0 amide bonds. The monoisotopic (exact) mass is 796 g/mol. The van der Waals surface area contributed by atoms with Crippen molar-refractivity contribution in [2.75, 3.05) is 6.61 Å². The SMILES string of the molecule is CCCc1nc(CSc2cccc(O)c2)c(C(=O)OCC)n1Cc1ccc(-c2ccccc2-c2nnnn2C(c2ccccc2)(c2ccccc2)c2ccccc2)cc1. The van der Waals surface area contributed by atoms with E-state index in [0.717, 1.165) is 56.1 Å². The van der Waals surface area contributed by atoms with Crippen LogP contribution < -0.4 is 0 Å². The van der Waals surface area contributed by atoms with Crippen LogP contribution in [0.2, 0.25) is 0 Å². The molecule has 6 aromatic carbocycles. The third-order valence-corrected chi connectivity index (χ3v) is 11.4. The Balaban J connectivity index is 1.18. The number of aryl methyl sites for hydroxylation is 1. The van der Waals surface area contributed by atoms with Crippen molar-refractivity contribution in [2.24, 2.45) is 0 Å². The van der Waals surface area contributed by atoms with Crippen LogP contribution in [0.5, 0.6) is 5.75 Å². The van der Waals surface area contributed by atoms with Gasteiger partial charge < -0.3 is 14.4 Å². The number of imidazole rings is 1. The van der Waals surface area contributed by atoms with Crippen LogP contribution in [0.1, 0.15) is 64.5 Å². The van der Waals surface area contributed by atoms with E-state index >= 15 is 0 Å². The summed E-state index contributed by atoms with van der Waals surface area (Å²) in [6, 6.07) is 54.9. The third kappa shape index (κ3) is 7.91. The van der Waals surface area contributed by atoms with Crippen molar-refractivity contribution >= 4 is 17.7 Å². The van der Waals surface area contributed by atoms with Crippen LogP contribution >= 0.6 is 11.8 Å². The topological polar surface area (TPSA) is 108 Å². The first kappa shape index (κ1) is 39.1. The summed E-state index contributed by atoms with van der Waals surface area (Å²) in [4.78, 5) is 19.5. The normalized spacial score (nSPS) is 11.4. The van der Waals surface area contributed by atoms with Crippen LogP contribution in [0.15, 0.2) is 169 Å². The number of tetrazole rings is 1. The molecule has 10 heteroatoms. The van der Waals surface area contributed by atoms with Gasteiger partial charge in [-0.3, -0.25) is 0 Å². The summed E-state index contributed by atoms with van der Waals surface area (Å²) in [6.07, 6.45) is 1.58. The fourth-order valence-corrected chi connectivity index (χ4v) is 8.66. The van der Waals surface area contributed by atoms with Gasteiger partial charge in [-0.2, -0.15) is 0 Å². The smallest absolute Gasteiger partial charge is 0.356 e. The molecule has 0 saturated carbocycles. The minimum absolute atomic E-state index is 0.196. The Labute approximate surface area is 348 Å². The first-order valence-electron chi connectivity index (χ1n) is 19.8. The second-order valence-corrected chi connectivity index (χ2v) is 15.2. The number of benzene rings is 6. The second-order valence-electron chi connectivity index (χ2n) is 14.1. The average Bonchev–Trinajstić information content (AvgIpc) is 3.90. The number of carbonyl (C=O) groups excluding carboxylic acids is 1. The molecule has 0 unspecified atom stereocenters. The van der Waals surface area contributed by atoms with Crippen molar-refractivity contribution < 1.29 is 14.6 Å². The molecule has 0 radical (unpaired) electrons. The van der Waals surface area contributed by atoms with Gasteiger partial charge in [0, 0.05) is 29.2 Å². The van der Waals surface area contributed by atoms with E-state index in [1.54, 1.807) is 12.1 Å². The number of hydrogen-bond acceptors (Lipinski definition) is 8. The largest absolute Gasteiger partial charge is 0.508 e. The molecule has 0 bridgehead atoms. The van der Waals surface area contributed by atoms with Gasteiger partial charge in [0.15, 0.2) is 11.5 Å². The zero-order valence-electron chi connectivity index (χ0n) is 33.0. The van der Waals surface area contributed by atoms with Gasteiger partial charge in [0.2, 0.25) is 0 Å². The zero-order chi connectivity index (χ0) is 40.6. The van der Waals surface area contributed by atoms with Gasteiger partial charge >= 0.3 is 5.97 Å². The van der Waals surface area contributed by atoms with Gasteiger partial charge in [-0.15, -0.1) is 16.9 Å². The van der Waals surface area contributed by atoms with Gasteiger partial charge in [0.1, 0.15) is 17.1 Å². The van der Waals surface area contributed by atoms with E-state index in [-0.39, 0.29) is 12.4 Å². The van der Waals surface area contributed by atoms with Gasteiger partial charge in [0.25, 0.3) is 0 Å². The highest BCUT2D eigenvalue weighted by atomic mass is 32.2. The van der Waals surface area contributed by atoms with Crippen molar-refractivity contribution in [3.8, 4) is 28.3 Å². The fourth-order valence-electron chi connectivity index (χ4n) is 7.78. The maximum atomic E-state index is 13.6. The lowest BCUT2D eigenvalue weighted by Crippen LogP contribution is -2.39. The van der Waals surface area contributed by atoms with Gasteiger partial charge in [-0.05, 0) is 75.4 Å². The molecule has 59 heavy (non-hydrogen) atoms. The van der Waals surface area contributed by atoms with E-state index < -0.39 is 11.5 Å². The molecule has 0 aliphatic heterocycles. The highest BCUT2D eigenvalue weighted by Crippen LogP contribution is 2.43. The van der Waals surface area contributed by atoms with E-state index in [4.69, 9.17) is 20.0 Å². The molecule has 9 nitrogen and oxygen atoms in total. The van der Waals surface area contributed by atoms with Crippen LogP contribution in [-0.4, -0.2) is 47.4 Å². The van der Waals surface area contributed by atoms with Crippen LogP contribution in [0.4, 0.5) is 0 Å². The minimum Gasteiger partial charge on any atom is -0.508 e. The number of aromatic hydroxyl groups is 1. The molecular formula is C49H44N6O3S. The molecule has 0 spiro atoms. The fraction of sp³-hybridized carbons (Fsp3) is 0.163. The van der Waals surface area contributed by atoms with E-state index in [1.807, 2.05) is 58.6 Å². The number of rotatable bonds is 15. The molecule has 0 atom stereocenters. The summed E-state index contributed by atoms with van der Waals surface area (Å²) in [7, 11) is 0. The Bertz CT molecular complexity index is 2550. The van der Waals surface area contributed by atoms with E-state index in [1.165, 1.54) is 11.8 Å². The lowest BCUT2D eigenvalue weighted by molar-refractivity contribution is 0.0513. The molecule has 0 aliphatic carbocycles. The van der Waals surface area contributed by atoms with Crippen molar-refractivity contribution in [3.05, 3.63) is 203 Å². The van der Waals surface area contributed by atoms with E-state index in [2.05, 4.69) is 121 Å². The van der Waals surface area contributed by atoms with Crippen molar-refractivity contribution in [1.29, 1.82) is 0 Å². The van der Waals surface area contributed by atoms with Gasteiger partial charge in [-0.25, -0.2) is 14.5 Å². The summed E-state index contributed by atoms with van der Waals surface area (Å²) in [5.41, 5.74) is 7.19. The lowest BCUT2D eigenvalue weighted by Gasteiger charge is -2.36. The third-order valence-electron chi connectivity index (χ3n) is 10.4. The van der Waals surface area contributed by atoms with Crippen molar-refractivity contribution in [3.63, 3.8) is 0 Å². The number of carbonyl (C=O) groups is 1. The summed E-state index contributed by atoms with van der Waals surface area (Å²) in [5, 5.41) is 23.9. The lowest BCUT2D eigenvalue weighted by atomic mass is 9.77. The first-order chi connectivity index (χ1) is 29.0. The molecule has 8 aromatic rings. The molecule has 2 heterocycles. The van der Waals surface area contributed by atoms with Crippen LogP contribution in [0.25, 0.3) is 22.5 Å². The number of phenols is 1. The molecular weight excluding hydrogens is 753 g/mol. The van der Waals surface area contributed by atoms with Crippen LogP contribution in [0, 0.1) is 0 Å². The Hall–Kier alpha value is -6.78. The maximum absolute atomic E-state index is 13.6. The Morgan fingerprint density at radius 1 is 0.729 bits per heavy atom. The minimum atomic E-state index is -0.891. The molecule has 294 valence electrons. The number of nitrogens with zero attached hydrogens (tertiary/aromatic N) is 6. The summed E-state index contributed by atoms with van der Waals surface area (Å²) >= 11 is 1.52. The highest BCUT2D eigenvalue weighted by molar-refractivity contribution is 7.98. The number of aromatic nitrogens is 6. The molecule has 1 N–H and O–H groups in total. The molecule has 2 aromatic heterocycles. The summed E-state index contributed by atoms with van der Waals surface area (Å²) in [6.45, 7) is 4.62. The van der Waals surface area contributed by atoms with Crippen molar-refractivity contribution in [1.82, 2.24) is 29.8 Å². The summed E-state index contributed by atoms with van der Waals surface area (Å²) in [5.74, 6) is 1.72. The standard InChI is InChI=1S/C49H44N6O3S/c1-3-17-45-50-44(34-59-41-25-16-24-40(56)32-41)46(48(57)58-4-2)54(45)33-35-28-30-36(31-29-35)42-26-14-15-27-43(42)47-51-52-53-55(47)49(37-18-8-5-9-19-37,38-20-10-6-11-21-38)39-22-12-7-13-23-39/h5-16,18-32,56H,3-4,17,33-34H2,1-2H3. The average molecular weight is 797 g/mol. The molecule has 8 rings (SSSR count). The number of hydrogen-bond donors (Lipinski definition) is 1. The van der Waals surface area contributed by atoms with Crippen LogP contribution in [0.3, 0.4) is 0 Å². The Morgan fingerprint density at radius 2 is 1.34 bits per heavy atom. The predicted molar refractivity (Wildman–Crippen MR) is 232 cm³/mol. The molecule has 0 aliphatic rings. The van der Waals surface area contributed by atoms with E-state index in [9.17, 15) is 9.90 Å². The maximum Gasteiger partial charge on any atom is 0.356 e. The zero-order valence-corrected chi connectivity index (χ0v) is 33.8. The number of ether oxygens (including phenoxy) is 1. The summed E-state index contributed by atoms with van der Waals surface area (Å²) < 4.78 is 9.55. The first-order valence-corrected chi connectivity index (χ1v) is 20.8. The predicted octanol–water partition coefficient (Wildman–Crippen LogP) is 10.2. The van der Waals surface area contributed by atoms with Crippen LogP contribution in [-0.2, 0) is 29.0 Å². The quantitative estimate of drug-likeness (QED) is 0.0621. The number of esters is 1. The Kier molecular flexibility index (Phi) is 11.8. The number of phenolic OH excluding ortho intramolecular Hbond substituents is 1. The van der Waals surface area contributed by atoms with Gasteiger partial charge in [-0.1, -0.05) is 153 Å². The molecule has 0 saturated heterocycles. The Morgan fingerprint density at radius 3 is 1.93 bits per heavy atom. The highest BCUT2D eigenvalue weighted by Gasteiger charge is 2.42. The van der Waals surface area contributed by atoms with E-state index in [0.29, 0.717) is 35.9 Å².